The van der Waals surface area contributed by atoms with Crippen molar-refractivity contribution in [2.24, 2.45) is 0 Å². The second kappa shape index (κ2) is 10.3. The molecule has 0 aromatic carbocycles. The van der Waals surface area contributed by atoms with Crippen LogP contribution in [0.25, 0.3) is 31.5 Å². The summed E-state index contributed by atoms with van der Waals surface area (Å²) < 4.78 is 45.4. The van der Waals surface area contributed by atoms with E-state index in [9.17, 15) is 22.7 Å². The number of carboxylic acid groups (broad SMARTS) is 1. The Balaban J connectivity index is 0.000000384. The van der Waals surface area contributed by atoms with Crippen LogP contribution in [0.3, 0.4) is 0 Å². The van der Waals surface area contributed by atoms with Crippen LogP contribution in [0.4, 0.5) is 22.7 Å². The minimum atomic E-state index is -5.08. The Kier molecular flexibility index (Phi) is 7.37. The molecule has 1 aliphatic rings. The van der Waals surface area contributed by atoms with E-state index < -0.39 is 18.1 Å². The van der Waals surface area contributed by atoms with Gasteiger partial charge in [-0.2, -0.15) is 22.7 Å². The van der Waals surface area contributed by atoms with Crippen molar-refractivity contribution < 1.29 is 32.6 Å². The van der Waals surface area contributed by atoms with E-state index in [1.54, 1.807) is 11.3 Å². The molecule has 0 aliphatic carbocycles. The lowest BCUT2D eigenvalue weighted by molar-refractivity contribution is -0.192. The number of aromatic hydroxyl groups is 1. The number of pyridine rings is 1. The van der Waals surface area contributed by atoms with Crippen molar-refractivity contribution in [1.82, 2.24) is 30.5 Å². The maximum atomic E-state index is 13.7. The number of halogens is 4. The largest absolute Gasteiger partial charge is 0.506 e. The number of aromatic amines is 1. The fourth-order valence-electron chi connectivity index (χ4n) is 3.47. The monoisotopic (exact) mass is 545 g/mol. The third-order valence-electron chi connectivity index (χ3n) is 5.34. The number of piperidine rings is 1. The zero-order valence-electron chi connectivity index (χ0n) is 18.5. The highest BCUT2D eigenvalue weighted by molar-refractivity contribution is 7.29. The van der Waals surface area contributed by atoms with E-state index in [0.717, 1.165) is 40.7 Å². The quantitative estimate of drug-likeness (QED) is 0.281. The molecule has 4 aromatic rings. The van der Waals surface area contributed by atoms with Crippen LogP contribution in [0.15, 0.2) is 18.5 Å². The Morgan fingerprint density at radius 1 is 1.17 bits per heavy atom. The minimum absolute atomic E-state index is 0.0587. The van der Waals surface area contributed by atoms with Gasteiger partial charge in [0.2, 0.25) is 5.95 Å². The summed E-state index contributed by atoms with van der Waals surface area (Å²) in [5, 5.41) is 28.4. The first-order chi connectivity index (χ1) is 17.0. The summed E-state index contributed by atoms with van der Waals surface area (Å²) >= 11 is 2.94. The number of hydrogen-bond acceptors (Lipinski definition) is 10. The first-order valence-corrected chi connectivity index (χ1v) is 12.1. The van der Waals surface area contributed by atoms with Crippen molar-refractivity contribution in [3.63, 3.8) is 0 Å². The van der Waals surface area contributed by atoms with Crippen molar-refractivity contribution in [2.75, 3.05) is 25.0 Å². The number of aromatic nitrogens is 5. The van der Waals surface area contributed by atoms with E-state index in [1.165, 1.54) is 29.8 Å². The van der Waals surface area contributed by atoms with Gasteiger partial charge in [-0.25, -0.2) is 19.7 Å². The number of H-pyrrole nitrogens is 1. The molecular weight excluding hydrogens is 526 g/mol. The maximum absolute atomic E-state index is 13.7. The standard InChI is InChI=1S/C18H18FN7OS2.C2HF3O2/c1-26(10-2-4-20-5-3-10)18-24-17-16(29-18)23-15(28-17)13-12(27)6-9(7-21-13)11-8-22-25-14(11)19;3-2(4,5)1(6)7/h6-8,10,20,27H,2-5H2,1H3,(H,22,25);(H,6,7). The molecule has 1 fully saturated rings. The smallest absolute Gasteiger partial charge is 0.490 e. The van der Waals surface area contributed by atoms with Crippen LogP contribution in [0, 0.1) is 5.95 Å². The van der Waals surface area contributed by atoms with Gasteiger partial charge in [-0.3, -0.25) is 5.10 Å². The molecule has 16 heteroatoms. The van der Waals surface area contributed by atoms with Gasteiger partial charge in [0, 0.05) is 24.8 Å². The molecule has 0 radical (unpaired) electrons. The van der Waals surface area contributed by atoms with Crippen molar-refractivity contribution in [1.29, 1.82) is 0 Å². The molecule has 5 rings (SSSR count). The number of aliphatic carboxylic acids is 1. The molecule has 1 saturated heterocycles. The van der Waals surface area contributed by atoms with Crippen LogP contribution in [0.1, 0.15) is 12.8 Å². The summed E-state index contributed by atoms with van der Waals surface area (Å²) in [6.07, 6.45) is -0.0228. The Hall–Kier alpha value is -3.37. The molecule has 192 valence electrons. The van der Waals surface area contributed by atoms with E-state index in [-0.39, 0.29) is 11.3 Å². The maximum Gasteiger partial charge on any atom is 0.490 e. The third-order valence-corrected chi connectivity index (χ3v) is 7.46. The third kappa shape index (κ3) is 5.55. The molecule has 0 saturated carbocycles. The van der Waals surface area contributed by atoms with Gasteiger partial charge in [-0.15, -0.1) is 0 Å². The molecule has 4 aromatic heterocycles. The molecule has 0 atom stereocenters. The first kappa shape index (κ1) is 25.7. The van der Waals surface area contributed by atoms with Crippen molar-refractivity contribution in [3.8, 4) is 27.6 Å². The number of rotatable bonds is 4. The molecule has 0 unspecified atom stereocenters. The van der Waals surface area contributed by atoms with E-state index >= 15 is 0 Å². The minimum Gasteiger partial charge on any atom is -0.506 e. The van der Waals surface area contributed by atoms with Gasteiger partial charge < -0.3 is 20.4 Å². The summed E-state index contributed by atoms with van der Waals surface area (Å²) in [4.78, 5) is 26.5. The number of hydrogen-bond donors (Lipinski definition) is 4. The average Bonchev–Trinajstić information content (AvgIpc) is 3.54. The van der Waals surface area contributed by atoms with E-state index in [1.807, 2.05) is 0 Å². The van der Waals surface area contributed by atoms with Crippen LogP contribution in [0.5, 0.6) is 5.75 Å². The number of nitrogens with zero attached hydrogens (tertiary/aromatic N) is 5. The van der Waals surface area contributed by atoms with Gasteiger partial charge in [0.15, 0.2) is 14.8 Å². The second-order valence-electron chi connectivity index (χ2n) is 7.71. The number of carbonyl (C=O) groups is 1. The van der Waals surface area contributed by atoms with E-state index in [0.29, 0.717) is 22.3 Å². The molecular formula is C20H19F4N7O3S2. The molecule has 36 heavy (non-hydrogen) atoms. The Morgan fingerprint density at radius 2 is 1.83 bits per heavy atom. The van der Waals surface area contributed by atoms with Gasteiger partial charge in [-0.05, 0) is 32.0 Å². The summed E-state index contributed by atoms with van der Waals surface area (Å²) in [5.74, 6) is -3.38. The van der Waals surface area contributed by atoms with Crippen molar-refractivity contribution in [2.45, 2.75) is 25.1 Å². The lowest BCUT2D eigenvalue weighted by atomic mass is 10.1. The lowest BCUT2D eigenvalue weighted by Crippen LogP contribution is -2.41. The van der Waals surface area contributed by atoms with Crippen LogP contribution in [-0.2, 0) is 4.79 Å². The fourth-order valence-corrected chi connectivity index (χ4v) is 5.55. The second-order valence-corrected chi connectivity index (χ2v) is 9.64. The SMILES string of the molecule is CN(c1nc2sc(-c3ncc(-c4cn[nH]c4F)cc3O)nc2s1)C1CCNCC1.O=C(O)C(F)(F)F. The van der Waals surface area contributed by atoms with Gasteiger partial charge in [0.05, 0.1) is 11.8 Å². The predicted molar refractivity (Wildman–Crippen MR) is 126 cm³/mol. The number of fused-ring (bicyclic) bond motifs is 1. The average molecular weight is 546 g/mol. The molecule has 0 spiro atoms. The zero-order valence-corrected chi connectivity index (χ0v) is 20.1. The Bertz CT molecular complexity index is 1330. The molecule has 10 nitrogen and oxygen atoms in total. The zero-order chi connectivity index (χ0) is 26.0. The van der Waals surface area contributed by atoms with Gasteiger partial charge in [0.1, 0.15) is 16.5 Å². The van der Waals surface area contributed by atoms with Gasteiger partial charge in [-0.1, -0.05) is 22.7 Å². The van der Waals surface area contributed by atoms with Crippen LogP contribution < -0.4 is 10.2 Å². The highest BCUT2D eigenvalue weighted by Gasteiger charge is 2.38. The van der Waals surface area contributed by atoms with E-state index in [4.69, 9.17) is 14.9 Å². The summed E-state index contributed by atoms with van der Waals surface area (Å²) in [6.45, 7) is 2.06. The van der Waals surface area contributed by atoms with Crippen molar-refractivity contribution >= 4 is 43.4 Å². The number of carboxylic acids is 1. The highest BCUT2D eigenvalue weighted by Crippen LogP contribution is 2.39. The first-order valence-electron chi connectivity index (χ1n) is 10.4. The number of alkyl halides is 3. The fraction of sp³-hybridized carbons (Fsp3) is 0.350. The Labute approximate surface area is 208 Å². The molecule has 5 heterocycles. The molecule has 4 N–H and O–H groups in total. The van der Waals surface area contributed by atoms with Crippen molar-refractivity contribution in [3.05, 3.63) is 24.4 Å². The number of thiazole rings is 2. The number of nitrogens with one attached hydrogen (secondary N) is 2. The molecule has 0 bridgehead atoms. The summed E-state index contributed by atoms with van der Waals surface area (Å²) in [6, 6.07) is 1.95. The Morgan fingerprint density at radius 3 is 2.39 bits per heavy atom. The topological polar surface area (TPSA) is 140 Å². The molecule has 1 aliphatic heterocycles. The summed E-state index contributed by atoms with van der Waals surface area (Å²) in [5.41, 5.74) is 1.06. The van der Waals surface area contributed by atoms with Gasteiger partial charge >= 0.3 is 12.1 Å². The number of anilines is 1. The van der Waals surface area contributed by atoms with Crippen LogP contribution in [-0.4, -0.2) is 73.7 Å². The van der Waals surface area contributed by atoms with Crippen LogP contribution in [0.2, 0.25) is 0 Å². The summed E-state index contributed by atoms with van der Waals surface area (Å²) in [7, 11) is 2.08. The highest BCUT2D eigenvalue weighted by atomic mass is 32.1. The van der Waals surface area contributed by atoms with E-state index in [2.05, 4.69) is 37.4 Å². The lowest BCUT2D eigenvalue weighted by Gasteiger charge is -2.31. The van der Waals surface area contributed by atoms with Gasteiger partial charge in [0.25, 0.3) is 0 Å². The normalized spacial score (nSPS) is 14.5. The van der Waals surface area contributed by atoms with Crippen LogP contribution >= 0.6 is 22.7 Å². The molecule has 0 amide bonds. The predicted octanol–water partition coefficient (Wildman–Crippen LogP) is 3.87.